The van der Waals surface area contributed by atoms with Crippen LogP contribution in [0.4, 0.5) is 5.82 Å². The monoisotopic (exact) mass is 383 g/mol. The largest absolute Gasteiger partial charge is 0.481 e. The molecule has 1 aromatic carbocycles. The van der Waals surface area contributed by atoms with Crippen LogP contribution < -0.4 is 5.32 Å². The predicted octanol–water partition coefficient (Wildman–Crippen LogP) is 2.56. The van der Waals surface area contributed by atoms with Gasteiger partial charge in [0.25, 0.3) is 0 Å². The summed E-state index contributed by atoms with van der Waals surface area (Å²) in [5, 5.41) is 12.3. The van der Waals surface area contributed by atoms with Crippen molar-refractivity contribution in [2.75, 3.05) is 39.2 Å². The Kier molecular flexibility index (Phi) is 6.95. The zero-order chi connectivity index (χ0) is 19.9. The van der Waals surface area contributed by atoms with E-state index in [1.54, 1.807) is 12.4 Å². The lowest BCUT2D eigenvalue weighted by atomic mass is 10.0. The number of hydrogen-bond donors (Lipinski definition) is 2. The van der Waals surface area contributed by atoms with E-state index in [4.69, 9.17) is 5.11 Å². The number of hydrogen-bond acceptors (Lipinski definition) is 6. The van der Waals surface area contributed by atoms with E-state index < -0.39 is 5.97 Å². The van der Waals surface area contributed by atoms with Crippen molar-refractivity contribution < 1.29 is 9.90 Å². The topological polar surface area (TPSA) is 81.6 Å². The summed E-state index contributed by atoms with van der Waals surface area (Å²) in [6.07, 6.45) is 6.49. The van der Waals surface area contributed by atoms with Crippen LogP contribution in [0.2, 0.25) is 0 Å². The lowest BCUT2D eigenvalue weighted by Crippen LogP contribution is -2.43. The Morgan fingerprint density at radius 1 is 1.29 bits per heavy atom. The average molecular weight is 383 g/mol. The molecule has 1 fully saturated rings. The Bertz CT molecular complexity index is 788. The molecular formula is C21H29N5O2. The maximum Gasteiger partial charge on any atom is 0.303 e. The first-order valence-corrected chi connectivity index (χ1v) is 9.77. The SMILES string of the molecule is CN(C)C1CCN(CNc2cncc(-c3cccc(CCC(=O)O)c3)n2)CC1. The minimum atomic E-state index is -0.786. The molecule has 1 aliphatic rings. The molecule has 2 N–H and O–H groups in total. The maximum absolute atomic E-state index is 10.8. The van der Waals surface area contributed by atoms with Gasteiger partial charge in [0, 0.05) is 31.1 Å². The molecule has 7 heteroatoms. The molecule has 150 valence electrons. The van der Waals surface area contributed by atoms with Gasteiger partial charge in [0.15, 0.2) is 0 Å². The summed E-state index contributed by atoms with van der Waals surface area (Å²) in [6, 6.07) is 8.52. The molecule has 28 heavy (non-hydrogen) atoms. The van der Waals surface area contributed by atoms with Crippen LogP contribution in [0.3, 0.4) is 0 Å². The van der Waals surface area contributed by atoms with E-state index in [0.29, 0.717) is 12.5 Å². The summed E-state index contributed by atoms with van der Waals surface area (Å²) in [6.45, 7) is 2.92. The van der Waals surface area contributed by atoms with Crippen molar-refractivity contribution in [1.29, 1.82) is 0 Å². The number of carbonyl (C=O) groups is 1. The molecule has 0 spiro atoms. The number of benzene rings is 1. The van der Waals surface area contributed by atoms with Crippen LogP contribution in [-0.4, -0.2) is 70.7 Å². The highest BCUT2D eigenvalue weighted by Gasteiger charge is 2.20. The zero-order valence-electron chi connectivity index (χ0n) is 16.6. The zero-order valence-corrected chi connectivity index (χ0v) is 16.6. The molecule has 0 atom stereocenters. The summed E-state index contributed by atoms with van der Waals surface area (Å²) in [5.41, 5.74) is 2.73. The highest BCUT2D eigenvalue weighted by Crippen LogP contribution is 2.20. The number of aromatic nitrogens is 2. The van der Waals surface area contributed by atoms with Crippen LogP contribution in [0.5, 0.6) is 0 Å². The molecule has 1 aliphatic heterocycles. The number of carboxylic acid groups (broad SMARTS) is 1. The van der Waals surface area contributed by atoms with Crippen molar-refractivity contribution in [3.8, 4) is 11.3 Å². The number of nitrogens with zero attached hydrogens (tertiary/aromatic N) is 4. The Morgan fingerprint density at radius 3 is 2.79 bits per heavy atom. The van der Waals surface area contributed by atoms with Crippen molar-refractivity contribution in [3.05, 3.63) is 42.2 Å². The van der Waals surface area contributed by atoms with E-state index >= 15 is 0 Å². The fraction of sp³-hybridized carbons (Fsp3) is 0.476. The summed E-state index contributed by atoms with van der Waals surface area (Å²) in [4.78, 5) is 24.5. The van der Waals surface area contributed by atoms with Gasteiger partial charge in [-0.25, -0.2) is 4.98 Å². The van der Waals surface area contributed by atoms with E-state index in [1.807, 2.05) is 24.3 Å². The Morgan fingerprint density at radius 2 is 2.07 bits per heavy atom. The molecule has 0 radical (unpaired) electrons. The van der Waals surface area contributed by atoms with Gasteiger partial charge in [0.1, 0.15) is 5.82 Å². The molecular weight excluding hydrogens is 354 g/mol. The minimum absolute atomic E-state index is 0.126. The Labute approximate surface area is 166 Å². The van der Waals surface area contributed by atoms with Gasteiger partial charge >= 0.3 is 5.97 Å². The van der Waals surface area contributed by atoms with Crippen molar-refractivity contribution >= 4 is 11.8 Å². The first kappa shape index (κ1) is 20.2. The smallest absolute Gasteiger partial charge is 0.303 e. The molecule has 1 saturated heterocycles. The molecule has 0 aliphatic carbocycles. The number of piperidine rings is 1. The number of nitrogens with one attached hydrogen (secondary N) is 1. The van der Waals surface area contributed by atoms with E-state index in [0.717, 1.165) is 42.4 Å². The highest BCUT2D eigenvalue weighted by atomic mass is 16.4. The quantitative estimate of drug-likeness (QED) is 0.725. The van der Waals surface area contributed by atoms with Crippen molar-refractivity contribution in [3.63, 3.8) is 0 Å². The first-order chi connectivity index (χ1) is 13.5. The van der Waals surface area contributed by atoms with Crippen LogP contribution in [-0.2, 0) is 11.2 Å². The lowest BCUT2D eigenvalue weighted by Gasteiger charge is -2.35. The normalized spacial score (nSPS) is 15.7. The van der Waals surface area contributed by atoms with Gasteiger partial charge in [-0.2, -0.15) is 0 Å². The van der Waals surface area contributed by atoms with Crippen LogP contribution in [0.1, 0.15) is 24.8 Å². The second-order valence-corrected chi connectivity index (χ2v) is 7.53. The van der Waals surface area contributed by atoms with Gasteiger partial charge in [-0.05, 0) is 45.0 Å². The Balaban J connectivity index is 1.58. The molecule has 0 bridgehead atoms. The Hall–Kier alpha value is -2.51. The lowest BCUT2D eigenvalue weighted by molar-refractivity contribution is -0.136. The number of aryl methyl sites for hydroxylation is 1. The second-order valence-electron chi connectivity index (χ2n) is 7.53. The standard InChI is InChI=1S/C21H29N5O2/c1-25(2)18-8-10-26(11-9-18)15-23-20-14-22-13-19(24-20)17-5-3-4-16(12-17)6-7-21(27)28/h3-5,12-14,18H,6-11,15H2,1-2H3,(H,23,24)(H,27,28). The fourth-order valence-corrected chi connectivity index (χ4v) is 3.51. The van der Waals surface area contributed by atoms with Gasteiger partial charge < -0.3 is 15.3 Å². The van der Waals surface area contributed by atoms with Crippen molar-refractivity contribution in [2.45, 2.75) is 31.7 Å². The summed E-state index contributed by atoms with van der Waals surface area (Å²) >= 11 is 0. The van der Waals surface area contributed by atoms with Crippen LogP contribution in [0.15, 0.2) is 36.7 Å². The number of likely N-dealkylation sites (tertiary alicyclic amines) is 1. The number of rotatable bonds is 8. The maximum atomic E-state index is 10.8. The van der Waals surface area contributed by atoms with Gasteiger partial charge in [0.05, 0.1) is 24.8 Å². The third kappa shape index (κ3) is 5.74. The van der Waals surface area contributed by atoms with Crippen LogP contribution in [0.25, 0.3) is 11.3 Å². The average Bonchev–Trinajstić information content (AvgIpc) is 2.71. The van der Waals surface area contributed by atoms with Gasteiger partial charge in [-0.1, -0.05) is 18.2 Å². The fourth-order valence-electron chi connectivity index (χ4n) is 3.51. The van der Waals surface area contributed by atoms with Gasteiger partial charge in [-0.15, -0.1) is 0 Å². The van der Waals surface area contributed by atoms with Gasteiger partial charge in [0.2, 0.25) is 0 Å². The molecule has 3 rings (SSSR count). The van der Waals surface area contributed by atoms with Crippen LogP contribution >= 0.6 is 0 Å². The third-order valence-corrected chi connectivity index (χ3v) is 5.26. The minimum Gasteiger partial charge on any atom is -0.481 e. The summed E-state index contributed by atoms with van der Waals surface area (Å²) < 4.78 is 0. The van der Waals surface area contributed by atoms with E-state index in [1.165, 1.54) is 12.8 Å². The molecule has 2 aromatic rings. The number of anilines is 1. The predicted molar refractivity (Wildman–Crippen MR) is 110 cm³/mol. The second kappa shape index (κ2) is 9.61. The summed E-state index contributed by atoms with van der Waals surface area (Å²) in [7, 11) is 4.30. The molecule has 2 heterocycles. The molecule has 0 saturated carbocycles. The molecule has 0 unspecified atom stereocenters. The van der Waals surface area contributed by atoms with Gasteiger partial charge in [-0.3, -0.25) is 14.7 Å². The number of carboxylic acids is 1. The summed E-state index contributed by atoms with van der Waals surface area (Å²) in [5.74, 6) is -0.0332. The van der Waals surface area contributed by atoms with E-state index in [2.05, 4.69) is 39.2 Å². The van der Waals surface area contributed by atoms with Crippen molar-refractivity contribution in [1.82, 2.24) is 19.8 Å². The van der Waals surface area contributed by atoms with Crippen LogP contribution in [0, 0.1) is 0 Å². The van der Waals surface area contributed by atoms with Crippen molar-refractivity contribution in [2.24, 2.45) is 0 Å². The highest BCUT2D eigenvalue weighted by molar-refractivity contribution is 5.67. The molecule has 1 aromatic heterocycles. The molecule has 7 nitrogen and oxygen atoms in total. The van der Waals surface area contributed by atoms with E-state index in [-0.39, 0.29) is 6.42 Å². The number of aliphatic carboxylic acids is 1. The third-order valence-electron chi connectivity index (χ3n) is 5.26. The van der Waals surface area contributed by atoms with E-state index in [9.17, 15) is 4.79 Å². The first-order valence-electron chi connectivity index (χ1n) is 9.77. The molecule has 0 amide bonds.